The molecule has 0 heterocycles. The van der Waals surface area contributed by atoms with Crippen LogP contribution in [0.25, 0.3) is 0 Å². The van der Waals surface area contributed by atoms with Crippen LogP contribution in [-0.2, 0) is 4.74 Å². The summed E-state index contributed by atoms with van der Waals surface area (Å²) in [5.41, 5.74) is -0.783. The Morgan fingerprint density at radius 2 is 1.83 bits per heavy atom. The molecule has 9 heteroatoms. The van der Waals surface area contributed by atoms with Gasteiger partial charge in [0.15, 0.2) is 5.75 Å². The predicted octanol–water partition coefficient (Wildman–Crippen LogP) is 3.72. The van der Waals surface area contributed by atoms with Crippen LogP contribution in [0.3, 0.4) is 0 Å². The van der Waals surface area contributed by atoms with Gasteiger partial charge in [0.05, 0.1) is 27.8 Å². The average molecular weight is 440 g/mol. The summed E-state index contributed by atoms with van der Waals surface area (Å²) < 4.78 is 7.19. The summed E-state index contributed by atoms with van der Waals surface area (Å²) >= 11 is 7.46. The second-order valence-corrected chi connectivity index (χ2v) is 9.34. The molecule has 0 atom stereocenters. The fourth-order valence-corrected chi connectivity index (χ4v) is 4.73. The second kappa shape index (κ2) is 8.95. The molecule has 2 aromatic carbocycles. The normalized spacial score (nSPS) is 16.3. The van der Waals surface area contributed by atoms with E-state index >= 15 is 0 Å². The van der Waals surface area contributed by atoms with Gasteiger partial charge in [0.25, 0.3) is 10.9 Å². The van der Waals surface area contributed by atoms with Crippen molar-refractivity contribution in [2.75, 3.05) is 38.4 Å². The van der Waals surface area contributed by atoms with Gasteiger partial charge in [-0.05, 0) is 51.0 Å². The van der Waals surface area contributed by atoms with E-state index in [9.17, 15) is 14.7 Å². The van der Waals surface area contributed by atoms with E-state index in [1.807, 2.05) is 14.1 Å². The molecule has 3 rings (SSSR count). The number of aromatic hydroxyl groups is 1. The summed E-state index contributed by atoms with van der Waals surface area (Å²) in [6.07, 6.45) is 4.97. The number of phenols is 1. The number of rotatable bonds is 8. The van der Waals surface area contributed by atoms with Gasteiger partial charge in [-0.25, -0.2) is 0 Å². The molecule has 0 spiro atoms. The predicted molar refractivity (Wildman–Crippen MR) is 119 cm³/mol. The standard InChI is InChI=1S/C20H26ClN3O4S/c1-24(2)29-19-12(21)7-8-13(16(19)25)22-14-15(18(27)17(14)26)23-20(11-28-3)9-5-4-6-10-20/h7-8,22-23,25H,4-6,9-11H2,1-3H3. The summed E-state index contributed by atoms with van der Waals surface area (Å²) in [5.74, 6) is -0.0699. The Balaban J connectivity index is 1.90. The highest BCUT2D eigenvalue weighted by Gasteiger charge is 2.35. The molecule has 0 radical (unpaired) electrons. The Labute approximate surface area is 179 Å². The van der Waals surface area contributed by atoms with Crippen molar-refractivity contribution in [3.05, 3.63) is 37.6 Å². The van der Waals surface area contributed by atoms with Crippen molar-refractivity contribution in [1.82, 2.24) is 4.31 Å². The van der Waals surface area contributed by atoms with Gasteiger partial charge in [-0.2, -0.15) is 0 Å². The molecule has 29 heavy (non-hydrogen) atoms. The molecule has 0 aliphatic heterocycles. The summed E-state index contributed by atoms with van der Waals surface area (Å²) in [5, 5.41) is 17.3. The number of ether oxygens (including phenoxy) is 1. The van der Waals surface area contributed by atoms with E-state index in [1.165, 1.54) is 11.9 Å². The molecular formula is C20H26ClN3O4S. The highest BCUT2D eigenvalue weighted by atomic mass is 35.5. The lowest BCUT2D eigenvalue weighted by molar-refractivity contribution is 0.119. The molecular weight excluding hydrogens is 414 g/mol. The molecule has 0 bridgehead atoms. The highest BCUT2D eigenvalue weighted by Crippen LogP contribution is 2.42. The number of benzene rings is 1. The Morgan fingerprint density at radius 1 is 1.17 bits per heavy atom. The van der Waals surface area contributed by atoms with Crippen molar-refractivity contribution in [2.45, 2.75) is 42.5 Å². The van der Waals surface area contributed by atoms with Gasteiger partial charge in [0.2, 0.25) is 0 Å². The number of hydrogen-bond acceptors (Lipinski definition) is 8. The number of phenolic OH excluding ortho intramolecular Hbond substituents is 1. The minimum Gasteiger partial charge on any atom is -0.505 e. The largest absolute Gasteiger partial charge is 0.505 e. The van der Waals surface area contributed by atoms with Crippen molar-refractivity contribution >= 4 is 40.6 Å². The third kappa shape index (κ3) is 4.55. The van der Waals surface area contributed by atoms with Crippen LogP contribution in [0.4, 0.5) is 17.1 Å². The van der Waals surface area contributed by atoms with Gasteiger partial charge < -0.3 is 20.5 Å². The molecule has 0 unspecified atom stereocenters. The number of nitrogens with one attached hydrogen (secondary N) is 2. The Hall–Kier alpha value is -1.74. The van der Waals surface area contributed by atoms with E-state index in [-0.39, 0.29) is 22.7 Å². The van der Waals surface area contributed by atoms with Crippen LogP contribution in [0.1, 0.15) is 32.1 Å². The van der Waals surface area contributed by atoms with Crippen LogP contribution in [0.15, 0.2) is 26.6 Å². The highest BCUT2D eigenvalue weighted by molar-refractivity contribution is 7.97. The van der Waals surface area contributed by atoms with Crippen LogP contribution in [-0.4, -0.2) is 42.8 Å². The first-order valence-corrected chi connectivity index (χ1v) is 10.7. The SMILES string of the molecule is COCC1(Nc2c(Nc3ccc(Cl)c(SN(C)C)c3O)c(=O)c2=O)CCCCC1. The first kappa shape index (κ1) is 22.0. The Bertz CT molecular complexity index is 945. The maximum absolute atomic E-state index is 12.3. The lowest BCUT2D eigenvalue weighted by atomic mass is 9.81. The minimum absolute atomic E-state index is 0.0699. The van der Waals surface area contributed by atoms with Gasteiger partial charge in [-0.3, -0.25) is 13.9 Å². The van der Waals surface area contributed by atoms with E-state index in [1.54, 1.807) is 23.5 Å². The van der Waals surface area contributed by atoms with E-state index < -0.39 is 10.9 Å². The van der Waals surface area contributed by atoms with Crippen LogP contribution < -0.4 is 21.5 Å². The van der Waals surface area contributed by atoms with E-state index in [0.29, 0.717) is 22.2 Å². The first-order chi connectivity index (χ1) is 13.8. The van der Waals surface area contributed by atoms with Crippen molar-refractivity contribution in [1.29, 1.82) is 0 Å². The Kier molecular flexibility index (Phi) is 6.78. The van der Waals surface area contributed by atoms with Crippen LogP contribution in [0, 0.1) is 0 Å². The monoisotopic (exact) mass is 439 g/mol. The molecule has 1 aliphatic rings. The van der Waals surface area contributed by atoms with E-state index in [0.717, 1.165) is 32.1 Å². The lowest BCUT2D eigenvalue weighted by Gasteiger charge is -2.39. The maximum Gasteiger partial charge on any atom is 0.253 e. The van der Waals surface area contributed by atoms with Crippen LogP contribution in [0.2, 0.25) is 5.02 Å². The number of hydrogen-bond donors (Lipinski definition) is 3. The first-order valence-electron chi connectivity index (χ1n) is 9.52. The van der Waals surface area contributed by atoms with Gasteiger partial charge in [0.1, 0.15) is 11.4 Å². The molecule has 1 aliphatic carbocycles. The zero-order valence-electron chi connectivity index (χ0n) is 16.8. The van der Waals surface area contributed by atoms with Gasteiger partial charge >= 0.3 is 0 Å². The van der Waals surface area contributed by atoms with Crippen molar-refractivity contribution in [3.8, 4) is 5.75 Å². The van der Waals surface area contributed by atoms with Crippen LogP contribution in [0.5, 0.6) is 5.75 Å². The minimum atomic E-state index is -0.605. The van der Waals surface area contributed by atoms with Gasteiger partial charge in [-0.15, -0.1) is 0 Å². The summed E-state index contributed by atoms with van der Waals surface area (Å²) in [6, 6.07) is 3.23. The molecule has 158 valence electrons. The smallest absolute Gasteiger partial charge is 0.253 e. The lowest BCUT2D eigenvalue weighted by Crippen LogP contribution is -2.49. The second-order valence-electron chi connectivity index (χ2n) is 7.61. The zero-order chi connectivity index (χ0) is 21.2. The molecule has 1 saturated carbocycles. The fraction of sp³-hybridized carbons (Fsp3) is 0.500. The summed E-state index contributed by atoms with van der Waals surface area (Å²) in [4.78, 5) is 25.0. The quantitative estimate of drug-likeness (QED) is 0.325. The fourth-order valence-electron chi connectivity index (χ4n) is 3.76. The van der Waals surface area contributed by atoms with Gasteiger partial charge in [-0.1, -0.05) is 30.9 Å². The maximum atomic E-state index is 12.3. The molecule has 0 saturated heterocycles. The van der Waals surface area contributed by atoms with E-state index in [2.05, 4.69) is 10.6 Å². The molecule has 2 aromatic rings. The number of nitrogens with zero attached hydrogens (tertiary/aromatic N) is 1. The molecule has 0 amide bonds. The molecule has 1 fully saturated rings. The molecule has 7 nitrogen and oxygen atoms in total. The van der Waals surface area contributed by atoms with Crippen molar-refractivity contribution in [3.63, 3.8) is 0 Å². The third-order valence-corrected chi connectivity index (χ3v) is 6.54. The van der Waals surface area contributed by atoms with Gasteiger partial charge in [0, 0.05) is 7.11 Å². The van der Waals surface area contributed by atoms with Crippen molar-refractivity contribution < 1.29 is 9.84 Å². The average Bonchev–Trinajstić information content (AvgIpc) is 2.69. The summed E-state index contributed by atoms with van der Waals surface area (Å²) in [6.45, 7) is 0.459. The number of methoxy groups -OCH3 is 1. The molecule has 0 aromatic heterocycles. The summed E-state index contributed by atoms with van der Waals surface area (Å²) in [7, 11) is 5.30. The Morgan fingerprint density at radius 3 is 2.45 bits per heavy atom. The zero-order valence-corrected chi connectivity index (χ0v) is 18.4. The number of halogens is 1. The van der Waals surface area contributed by atoms with Crippen LogP contribution >= 0.6 is 23.5 Å². The van der Waals surface area contributed by atoms with Crippen molar-refractivity contribution in [2.24, 2.45) is 0 Å². The van der Waals surface area contributed by atoms with E-state index in [4.69, 9.17) is 16.3 Å². The number of anilines is 3. The molecule has 3 N–H and O–H groups in total. The topological polar surface area (TPSA) is 90.9 Å². The third-order valence-electron chi connectivity index (χ3n) is 5.15.